The van der Waals surface area contributed by atoms with Gasteiger partial charge in [0.25, 0.3) is 0 Å². The Kier molecular flexibility index (Phi) is 5.99. The molecule has 0 aromatic heterocycles. The summed E-state index contributed by atoms with van der Waals surface area (Å²) in [5, 5.41) is 10.2. The molecule has 0 unspecified atom stereocenters. The van der Waals surface area contributed by atoms with Crippen LogP contribution in [-0.4, -0.2) is 25.3 Å². The minimum absolute atomic E-state index is 0.564. The van der Waals surface area contributed by atoms with Gasteiger partial charge in [0.2, 0.25) is 0 Å². The van der Waals surface area contributed by atoms with Crippen LogP contribution in [0.5, 0.6) is 0 Å². The van der Waals surface area contributed by atoms with Crippen molar-refractivity contribution in [2.24, 2.45) is 5.92 Å². The fraction of sp³-hybridized carbons (Fsp3) is 1.00. The topological polar surface area (TPSA) is 34.9 Å². The maximum absolute atomic E-state index is 7.13. The van der Waals surface area contributed by atoms with Crippen molar-refractivity contribution in [2.75, 3.05) is 20.2 Å². The Morgan fingerprint density at radius 1 is 1.56 bits per heavy atom. The van der Waals surface area contributed by atoms with E-state index in [9.17, 15) is 0 Å². The second-order valence-electron chi connectivity index (χ2n) is 2.42. The molecule has 0 amide bonds. The summed E-state index contributed by atoms with van der Waals surface area (Å²) in [6.07, 6.45) is 2.38. The average molecular weight is 132 g/mol. The van der Waals surface area contributed by atoms with Crippen LogP contribution in [0.15, 0.2) is 0 Å². The molecule has 3 N–H and O–H groups in total. The monoisotopic (exact) mass is 132 g/mol. The molecular weight excluding hydrogens is 114 g/mol. The van der Waals surface area contributed by atoms with Crippen LogP contribution >= 0.6 is 0 Å². The molecule has 0 aromatic rings. The molecule has 0 rings (SSSR count). The van der Waals surface area contributed by atoms with Crippen molar-refractivity contribution >= 4 is 0 Å². The van der Waals surface area contributed by atoms with Gasteiger partial charge >= 0.3 is 0 Å². The summed E-state index contributed by atoms with van der Waals surface area (Å²) in [5.74, 6) is 0.569. The first-order chi connectivity index (χ1) is 4.35. The van der Waals surface area contributed by atoms with E-state index in [1.54, 1.807) is 0 Å². The van der Waals surface area contributed by atoms with Gasteiger partial charge in [-0.1, -0.05) is 13.3 Å². The van der Waals surface area contributed by atoms with Crippen molar-refractivity contribution in [1.29, 1.82) is 0 Å². The fourth-order valence-corrected chi connectivity index (χ4v) is 0.973. The zero-order valence-corrected chi connectivity index (χ0v) is 6.41. The van der Waals surface area contributed by atoms with E-state index in [1.807, 2.05) is 7.05 Å². The summed E-state index contributed by atoms with van der Waals surface area (Å²) in [6, 6.07) is 0. The summed E-state index contributed by atoms with van der Waals surface area (Å²) in [7, 11) is 1.94. The Bertz CT molecular complexity index is 50.9. The SMILES string of the molecule is CCC[C@@H](C[OH2+])CNC. The predicted octanol–water partition coefficient (Wildman–Crippen LogP) is 0.347. The molecule has 9 heavy (non-hydrogen) atoms. The van der Waals surface area contributed by atoms with Crippen molar-refractivity contribution < 1.29 is 5.11 Å². The first-order valence-corrected chi connectivity index (χ1v) is 3.64. The summed E-state index contributed by atoms with van der Waals surface area (Å²) in [6.45, 7) is 3.73. The number of hydrogen-bond donors (Lipinski definition) is 1. The number of nitrogens with one attached hydrogen (secondary N) is 1. The summed E-state index contributed by atoms with van der Waals surface area (Å²) in [4.78, 5) is 0. The van der Waals surface area contributed by atoms with E-state index >= 15 is 0 Å². The highest BCUT2D eigenvalue weighted by Gasteiger charge is 2.05. The second-order valence-corrected chi connectivity index (χ2v) is 2.42. The van der Waals surface area contributed by atoms with Gasteiger partial charge in [0, 0.05) is 12.5 Å². The molecule has 2 heteroatoms. The lowest BCUT2D eigenvalue weighted by Gasteiger charge is -2.08. The molecule has 0 saturated heterocycles. The molecule has 0 radical (unpaired) electrons. The molecule has 0 fully saturated rings. The molecular formula is C7H18NO+. The molecule has 0 aliphatic carbocycles. The van der Waals surface area contributed by atoms with Gasteiger partial charge in [-0.05, 0) is 13.5 Å². The molecule has 1 atom stereocenters. The van der Waals surface area contributed by atoms with Crippen LogP contribution in [0.25, 0.3) is 0 Å². The highest BCUT2D eigenvalue weighted by atomic mass is 16.3. The maximum Gasteiger partial charge on any atom is 0.147 e. The van der Waals surface area contributed by atoms with Crippen molar-refractivity contribution in [3.63, 3.8) is 0 Å². The van der Waals surface area contributed by atoms with Gasteiger partial charge in [0.1, 0.15) is 6.61 Å². The quantitative estimate of drug-likeness (QED) is 0.538. The van der Waals surface area contributed by atoms with Gasteiger partial charge in [0.05, 0.1) is 0 Å². The van der Waals surface area contributed by atoms with Crippen molar-refractivity contribution in [2.45, 2.75) is 19.8 Å². The Hall–Kier alpha value is -0.0800. The summed E-state index contributed by atoms with van der Waals surface area (Å²) in [5.41, 5.74) is 0. The number of hydrogen-bond acceptors (Lipinski definition) is 1. The third-order valence-electron chi connectivity index (χ3n) is 1.48. The van der Waals surface area contributed by atoms with Crippen LogP contribution < -0.4 is 5.32 Å². The minimum atomic E-state index is 0.564. The van der Waals surface area contributed by atoms with E-state index in [1.165, 1.54) is 12.8 Å². The Morgan fingerprint density at radius 2 is 2.22 bits per heavy atom. The molecule has 0 aliphatic rings. The first-order valence-electron chi connectivity index (χ1n) is 3.64. The molecule has 0 spiro atoms. The standard InChI is InChI=1S/C7H17NO/c1-3-4-7(6-9)5-8-2/h7-9H,3-6H2,1-2H3/p+1/t7-/m1/s1. The smallest absolute Gasteiger partial charge is 0.147 e. The van der Waals surface area contributed by atoms with Gasteiger partial charge in [-0.3, -0.25) is 0 Å². The minimum Gasteiger partial charge on any atom is -0.445 e. The van der Waals surface area contributed by atoms with E-state index in [0.717, 1.165) is 6.54 Å². The van der Waals surface area contributed by atoms with E-state index in [-0.39, 0.29) is 0 Å². The van der Waals surface area contributed by atoms with Crippen LogP contribution in [0.4, 0.5) is 0 Å². The van der Waals surface area contributed by atoms with E-state index in [0.29, 0.717) is 12.5 Å². The van der Waals surface area contributed by atoms with Crippen molar-refractivity contribution in [3.05, 3.63) is 0 Å². The third-order valence-corrected chi connectivity index (χ3v) is 1.48. The Labute approximate surface area is 57.3 Å². The van der Waals surface area contributed by atoms with Crippen LogP contribution in [0.1, 0.15) is 19.8 Å². The van der Waals surface area contributed by atoms with Crippen LogP contribution in [0.3, 0.4) is 0 Å². The highest BCUT2D eigenvalue weighted by molar-refractivity contribution is 4.57. The molecule has 0 bridgehead atoms. The van der Waals surface area contributed by atoms with Crippen molar-refractivity contribution in [1.82, 2.24) is 5.32 Å². The van der Waals surface area contributed by atoms with Gasteiger partial charge in [-0.15, -0.1) is 0 Å². The zero-order chi connectivity index (χ0) is 7.11. The second kappa shape index (κ2) is 6.05. The van der Waals surface area contributed by atoms with Gasteiger partial charge in [0.15, 0.2) is 0 Å². The summed E-state index contributed by atoms with van der Waals surface area (Å²) < 4.78 is 0. The molecule has 0 heterocycles. The normalized spacial score (nSPS) is 13.7. The maximum atomic E-state index is 7.13. The fourth-order valence-electron chi connectivity index (χ4n) is 0.973. The van der Waals surface area contributed by atoms with Crippen LogP contribution in [-0.2, 0) is 0 Å². The molecule has 2 nitrogen and oxygen atoms in total. The first kappa shape index (κ1) is 8.92. The molecule has 0 aliphatic heterocycles. The van der Waals surface area contributed by atoms with E-state index in [4.69, 9.17) is 5.11 Å². The lowest BCUT2D eigenvalue weighted by Crippen LogP contribution is -2.21. The van der Waals surface area contributed by atoms with E-state index < -0.39 is 0 Å². The highest BCUT2D eigenvalue weighted by Crippen LogP contribution is 2.02. The molecule has 0 saturated carbocycles. The zero-order valence-electron chi connectivity index (χ0n) is 6.41. The van der Waals surface area contributed by atoms with Gasteiger partial charge in [-0.25, -0.2) is 0 Å². The summed E-state index contributed by atoms with van der Waals surface area (Å²) >= 11 is 0. The van der Waals surface area contributed by atoms with Crippen LogP contribution in [0.2, 0.25) is 0 Å². The Morgan fingerprint density at radius 3 is 2.56 bits per heavy atom. The predicted molar refractivity (Wildman–Crippen MR) is 40.8 cm³/mol. The van der Waals surface area contributed by atoms with Gasteiger partial charge < -0.3 is 10.4 Å². The molecule has 56 valence electrons. The third kappa shape index (κ3) is 4.43. The van der Waals surface area contributed by atoms with E-state index in [2.05, 4.69) is 12.2 Å². The Balaban J connectivity index is 3.18. The molecule has 0 aromatic carbocycles. The van der Waals surface area contributed by atoms with Crippen molar-refractivity contribution in [3.8, 4) is 0 Å². The lowest BCUT2D eigenvalue weighted by atomic mass is 10.1. The number of rotatable bonds is 5. The lowest BCUT2D eigenvalue weighted by molar-refractivity contribution is 0.216. The van der Waals surface area contributed by atoms with Gasteiger partial charge in [-0.2, -0.15) is 0 Å². The van der Waals surface area contributed by atoms with Crippen LogP contribution in [0, 0.1) is 5.92 Å². The average Bonchev–Trinajstić information content (AvgIpc) is 1.88. The largest absolute Gasteiger partial charge is 0.445 e.